The average Bonchev–Trinajstić information content (AvgIpc) is 2.41. The summed E-state index contributed by atoms with van der Waals surface area (Å²) < 4.78 is 0. The molecule has 4 rings (SSSR count). The van der Waals surface area contributed by atoms with Crippen molar-refractivity contribution in [1.82, 2.24) is 10.6 Å². The van der Waals surface area contributed by atoms with E-state index in [2.05, 4.69) is 24.5 Å². The Bertz CT molecular complexity index is 376. The van der Waals surface area contributed by atoms with Gasteiger partial charge < -0.3 is 16.4 Å². The monoisotopic (exact) mass is 321 g/mol. The predicted molar refractivity (Wildman–Crippen MR) is 98.5 cm³/mol. The van der Waals surface area contributed by atoms with Gasteiger partial charge in [-0.3, -0.25) is 0 Å². The van der Waals surface area contributed by atoms with Crippen molar-refractivity contribution in [3.8, 4) is 0 Å². The number of nitrogens with one attached hydrogen (secondary N) is 2. The summed E-state index contributed by atoms with van der Waals surface area (Å²) >= 11 is 0. The summed E-state index contributed by atoms with van der Waals surface area (Å²) in [5, 5.41) is 7.59. The molecular formula is C20H39N3. The highest BCUT2D eigenvalue weighted by Crippen LogP contribution is 2.66. The van der Waals surface area contributed by atoms with Crippen molar-refractivity contribution in [3.05, 3.63) is 0 Å². The van der Waals surface area contributed by atoms with E-state index in [0.717, 1.165) is 32.0 Å². The fourth-order valence-corrected chi connectivity index (χ4v) is 6.89. The molecule has 0 amide bonds. The maximum absolute atomic E-state index is 5.52. The van der Waals surface area contributed by atoms with Gasteiger partial charge in [-0.25, -0.2) is 0 Å². The lowest BCUT2D eigenvalue weighted by Gasteiger charge is -2.65. The van der Waals surface area contributed by atoms with Crippen LogP contribution in [0.15, 0.2) is 0 Å². The SMILES string of the molecule is CC12CC3CC(C)(C1)CC(NCCCCNCCCCN)(C3)C2. The summed E-state index contributed by atoms with van der Waals surface area (Å²) in [7, 11) is 0. The van der Waals surface area contributed by atoms with E-state index < -0.39 is 0 Å². The Hall–Kier alpha value is -0.120. The summed E-state index contributed by atoms with van der Waals surface area (Å²) in [6.45, 7) is 9.47. The van der Waals surface area contributed by atoms with Crippen LogP contribution in [0.3, 0.4) is 0 Å². The largest absolute Gasteiger partial charge is 0.330 e. The summed E-state index contributed by atoms with van der Waals surface area (Å²) in [5.74, 6) is 0.998. The number of nitrogens with two attached hydrogens (primary N) is 1. The van der Waals surface area contributed by atoms with Gasteiger partial charge >= 0.3 is 0 Å². The molecule has 134 valence electrons. The van der Waals surface area contributed by atoms with Crippen LogP contribution in [0, 0.1) is 16.7 Å². The zero-order valence-electron chi connectivity index (χ0n) is 15.6. The lowest BCUT2D eigenvalue weighted by molar-refractivity contribution is -0.117. The van der Waals surface area contributed by atoms with Crippen molar-refractivity contribution in [2.24, 2.45) is 22.5 Å². The molecule has 0 spiro atoms. The Morgan fingerprint density at radius 3 is 2.04 bits per heavy atom. The molecule has 0 aliphatic heterocycles. The third kappa shape index (κ3) is 4.29. The van der Waals surface area contributed by atoms with Crippen LogP contribution >= 0.6 is 0 Å². The average molecular weight is 322 g/mol. The molecule has 4 fully saturated rings. The predicted octanol–water partition coefficient (Wildman–Crippen LogP) is 3.43. The fourth-order valence-electron chi connectivity index (χ4n) is 6.89. The molecule has 23 heavy (non-hydrogen) atoms. The molecule has 2 atom stereocenters. The Balaban J connectivity index is 1.36. The highest BCUT2D eigenvalue weighted by atomic mass is 15.0. The van der Waals surface area contributed by atoms with E-state index in [1.807, 2.05) is 0 Å². The van der Waals surface area contributed by atoms with E-state index in [0.29, 0.717) is 16.4 Å². The van der Waals surface area contributed by atoms with Gasteiger partial charge in [0, 0.05) is 5.54 Å². The van der Waals surface area contributed by atoms with Gasteiger partial charge in [0.2, 0.25) is 0 Å². The zero-order valence-corrected chi connectivity index (χ0v) is 15.6. The maximum atomic E-state index is 5.52. The van der Waals surface area contributed by atoms with Gasteiger partial charge in [-0.2, -0.15) is 0 Å². The third-order valence-corrected chi connectivity index (χ3v) is 6.71. The second-order valence-electron chi connectivity index (χ2n) is 9.79. The molecule has 0 aromatic heterocycles. The smallest absolute Gasteiger partial charge is 0.0194 e. The Labute approximate surface area is 143 Å². The highest BCUT2D eigenvalue weighted by molar-refractivity contribution is 5.14. The van der Waals surface area contributed by atoms with Gasteiger partial charge in [0.15, 0.2) is 0 Å². The normalized spacial score (nSPS) is 41.6. The number of unbranched alkanes of at least 4 members (excludes halogenated alkanes) is 2. The van der Waals surface area contributed by atoms with Crippen LogP contribution in [0.2, 0.25) is 0 Å². The second kappa shape index (κ2) is 7.01. The molecule has 0 aromatic carbocycles. The quantitative estimate of drug-likeness (QED) is 0.540. The molecule has 4 saturated carbocycles. The summed E-state index contributed by atoms with van der Waals surface area (Å²) in [6, 6.07) is 0. The molecule has 2 unspecified atom stereocenters. The minimum Gasteiger partial charge on any atom is -0.330 e. The zero-order chi connectivity index (χ0) is 16.4. The molecule has 3 nitrogen and oxygen atoms in total. The lowest BCUT2D eigenvalue weighted by atomic mass is 9.43. The van der Waals surface area contributed by atoms with Gasteiger partial charge in [-0.1, -0.05) is 13.8 Å². The molecule has 4 aliphatic carbocycles. The minimum atomic E-state index is 0.484. The van der Waals surface area contributed by atoms with Crippen molar-refractivity contribution in [1.29, 1.82) is 0 Å². The molecular weight excluding hydrogens is 282 g/mol. The third-order valence-electron chi connectivity index (χ3n) is 6.71. The van der Waals surface area contributed by atoms with Crippen molar-refractivity contribution in [2.75, 3.05) is 26.2 Å². The van der Waals surface area contributed by atoms with Gasteiger partial charge in [0.05, 0.1) is 0 Å². The first-order valence-corrected chi connectivity index (χ1v) is 10.1. The molecule has 0 saturated heterocycles. The first-order valence-electron chi connectivity index (χ1n) is 10.1. The minimum absolute atomic E-state index is 0.484. The van der Waals surface area contributed by atoms with Crippen molar-refractivity contribution < 1.29 is 0 Å². The van der Waals surface area contributed by atoms with E-state index in [1.165, 1.54) is 64.3 Å². The van der Waals surface area contributed by atoms with E-state index in [1.54, 1.807) is 0 Å². The van der Waals surface area contributed by atoms with Crippen LogP contribution in [0.1, 0.15) is 78.1 Å². The van der Waals surface area contributed by atoms with Gasteiger partial charge in [-0.05, 0) is 107 Å². The molecule has 4 N–H and O–H groups in total. The number of rotatable bonds is 10. The fraction of sp³-hybridized carbons (Fsp3) is 1.00. The van der Waals surface area contributed by atoms with Gasteiger partial charge in [0.1, 0.15) is 0 Å². The maximum Gasteiger partial charge on any atom is 0.0194 e. The van der Waals surface area contributed by atoms with E-state index >= 15 is 0 Å². The van der Waals surface area contributed by atoms with Crippen LogP contribution in [0.4, 0.5) is 0 Å². The number of hydrogen-bond donors (Lipinski definition) is 3. The first kappa shape index (κ1) is 17.7. The molecule has 0 aromatic rings. The molecule has 0 heterocycles. The van der Waals surface area contributed by atoms with Crippen LogP contribution in [0.5, 0.6) is 0 Å². The molecule has 3 heteroatoms. The van der Waals surface area contributed by atoms with Crippen molar-refractivity contribution in [3.63, 3.8) is 0 Å². The van der Waals surface area contributed by atoms with E-state index in [-0.39, 0.29) is 0 Å². The number of hydrogen-bond acceptors (Lipinski definition) is 3. The Morgan fingerprint density at radius 2 is 1.43 bits per heavy atom. The summed E-state index contributed by atoms with van der Waals surface area (Å²) in [4.78, 5) is 0. The Kier molecular flexibility index (Phi) is 5.40. The second-order valence-corrected chi connectivity index (χ2v) is 9.79. The molecule has 4 aliphatic rings. The van der Waals surface area contributed by atoms with Crippen LogP contribution in [-0.4, -0.2) is 31.7 Å². The first-order chi connectivity index (χ1) is 11.0. The lowest BCUT2D eigenvalue weighted by Crippen LogP contribution is -2.64. The van der Waals surface area contributed by atoms with Crippen LogP contribution in [0.25, 0.3) is 0 Å². The van der Waals surface area contributed by atoms with E-state index in [9.17, 15) is 0 Å². The standard InChI is InChI=1S/C20H39N3/c1-18-11-17-12-19(2,14-18)16-20(13-17,15-18)23-10-6-5-9-22-8-4-3-7-21/h17,22-23H,3-16,21H2,1-2H3. The van der Waals surface area contributed by atoms with Crippen molar-refractivity contribution >= 4 is 0 Å². The molecule has 4 bridgehead atoms. The van der Waals surface area contributed by atoms with Gasteiger partial charge in [0.25, 0.3) is 0 Å². The summed E-state index contributed by atoms with van der Waals surface area (Å²) in [6.07, 6.45) is 13.8. The van der Waals surface area contributed by atoms with E-state index in [4.69, 9.17) is 5.73 Å². The summed E-state index contributed by atoms with van der Waals surface area (Å²) in [5.41, 5.74) is 7.26. The highest BCUT2D eigenvalue weighted by Gasteiger charge is 2.59. The van der Waals surface area contributed by atoms with Crippen LogP contribution in [-0.2, 0) is 0 Å². The Morgan fingerprint density at radius 1 is 0.826 bits per heavy atom. The van der Waals surface area contributed by atoms with Gasteiger partial charge in [-0.15, -0.1) is 0 Å². The topological polar surface area (TPSA) is 50.1 Å². The molecule has 0 radical (unpaired) electrons. The van der Waals surface area contributed by atoms with Crippen molar-refractivity contribution in [2.45, 2.75) is 83.6 Å². The van der Waals surface area contributed by atoms with Crippen LogP contribution < -0.4 is 16.4 Å².